The zero-order valence-corrected chi connectivity index (χ0v) is 21.6. The van der Waals surface area contributed by atoms with Gasteiger partial charge < -0.3 is 19.1 Å². The molecule has 0 fully saturated rings. The van der Waals surface area contributed by atoms with E-state index < -0.39 is 5.54 Å². The van der Waals surface area contributed by atoms with Gasteiger partial charge in [-0.2, -0.15) is 16.4 Å². The minimum Gasteiger partial charge on any atom is -0.496 e. The summed E-state index contributed by atoms with van der Waals surface area (Å²) >= 11 is 1.59. The zero-order valence-electron chi connectivity index (χ0n) is 20.8. The van der Waals surface area contributed by atoms with Crippen LogP contribution in [0.15, 0.2) is 34.5 Å². The highest BCUT2D eigenvalue weighted by Gasteiger charge is 2.36. The molecular weight excluding hydrogens is 450 g/mol. The van der Waals surface area contributed by atoms with Crippen LogP contribution < -0.4 is 9.47 Å². The first-order chi connectivity index (χ1) is 16.2. The van der Waals surface area contributed by atoms with Crippen LogP contribution in [0.5, 0.6) is 11.5 Å². The Morgan fingerprint density at radius 2 is 2.09 bits per heavy atom. The van der Waals surface area contributed by atoms with Crippen molar-refractivity contribution in [1.29, 1.82) is 0 Å². The summed E-state index contributed by atoms with van der Waals surface area (Å²) in [6, 6.07) is 5.96. The fraction of sp³-hybridized carbons (Fsp3) is 0.385. The summed E-state index contributed by atoms with van der Waals surface area (Å²) in [5.74, 6) is 1.28. The van der Waals surface area contributed by atoms with Gasteiger partial charge in [0.1, 0.15) is 18.1 Å². The van der Waals surface area contributed by atoms with Crippen molar-refractivity contribution in [2.75, 3.05) is 27.9 Å². The Kier molecular flexibility index (Phi) is 6.55. The summed E-state index contributed by atoms with van der Waals surface area (Å²) in [5.41, 5.74) is 5.42. The number of rotatable bonds is 7. The molecule has 8 heteroatoms. The summed E-state index contributed by atoms with van der Waals surface area (Å²) in [7, 11) is 5.07. The van der Waals surface area contributed by atoms with Crippen LogP contribution in [-0.2, 0) is 11.3 Å². The number of amides is 1. The molecule has 0 N–H and O–H groups in total. The maximum absolute atomic E-state index is 13.7. The van der Waals surface area contributed by atoms with Crippen molar-refractivity contribution >= 4 is 23.3 Å². The van der Waals surface area contributed by atoms with Gasteiger partial charge in [-0.15, -0.1) is 0 Å². The molecular formula is C26H31N3O4S. The van der Waals surface area contributed by atoms with Gasteiger partial charge in [0.25, 0.3) is 5.91 Å². The quantitative estimate of drug-likeness (QED) is 0.451. The molecule has 2 aromatic heterocycles. The predicted molar refractivity (Wildman–Crippen MR) is 135 cm³/mol. The molecule has 0 radical (unpaired) electrons. The molecule has 180 valence electrons. The van der Waals surface area contributed by atoms with Gasteiger partial charge in [-0.05, 0) is 45.2 Å². The molecule has 0 saturated heterocycles. The highest BCUT2D eigenvalue weighted by atomic mass is 32.1. The molecule has 0 unspecified atom stereocenters. The summed E-state index contributed by atoms with van der Waals surface area (Å²) in [5, 5.41) is 8.85. The van der Waals surface area contributed by atoms with E-state index in [-0.39, 0.29) is 12.5 Å². The van der Waals surface area contributed by atoms with E-state index in [1.54, 1.807) is 37.5 Å². The molecule has 1 aliphatic rings. The summed E-state index contributed by atoms with van der Waals surface area (Å²) in [4.78, 5) is 15.3. The van der Waals surface area contributed by atoms with Crippen molar-refractivity contribution in [1.82, 2.24) is 14.7 Å². The average molecular weight is 482 g/mol. The van der Waals surface area contributed by atoms with Crippen LogP contribution in [0.4, 0.5) is 0 Å². The van der Waals surface area contributed by atoms with E-state index in [2.05, 4.69) is 12.1 Å². The van der Waals surface area contributed by atoms with Gasteiger partial charge in [-0.3, -0.25) is 4.79 Å². The van der Waals surface area contributed by atoms with E-state index in [9.17, 15) is 4.79 Å². The van der Waals surface area contributed by atoms with Crippen molar-refractivity contribution in [2.24, 2.45) is 0 Å². The molecule has 0 bridgehead atoms. The topological polar surface area (TPSA) is 65.8 Å². The molecule has 1 amide bonds. The number of thiophene rings is 1. The van der Waals surface area contributed by atoms with Gasteiger partial charge in [0.15, 0.2) is 5.69 Å². The number of nitrogens with zero attached hydrogens (tertiary/aromatic N) is 3. The highest BCUT2D eigenvalue weighted by molar-refractivity contribution is 7.08. The highest BCUT2D eigenvalue weighted by Crippen LogP contribution is 2.44. The van der Waals surface area contributed by atoms with Crippen LogP contribution in [-0.4, -0.2) is 54.0 Å². The number of hydrogen-bond acceptors (Lipinski definition) is 6. The van der Waals surface area contributed by atoms with E-state index in [4.69, 9.17) is 19.3 Å². The first-order valence-electron chi connectivity index (χ1n) is 11.1. The SMILES string of the molecule is COCC(C)(C)N(C)C(=O)c1nn(-c2ccsc2)c2c1COc1cc(OC)c(C=C(C)C)cc1-2. The van der Waals surface area contributed by atoms with Crippen molar-refractivity contribution in [3.05, 3.63) is 51.4 Å². The molecule has 1 aromatic carbocycles. The molecule has 0 aliphatic carbocycles. The van der Waals surface area contributed by atoms with Crippen molar-refractivity contribution in [3.63, 3.8) is 0 Å². The summed E-state index contributed by atoms with van der Waals surface area (Å²) in [6.07, 6.45) is 2.08. The Bertz CT molecular complexity index is 1240. The summed E-state index contributed by atoms with van der Waals surface area (Å²) < 4.78 is 19.0. The number of likely N-dealkylation sites (N-methyl/N-ethyl adjacent to an activating group) is 1. The van der Waals surface area contributed by atoms with Gasteiger partial charge in [0.2, 0.25) is 0 Å². The second-order valence-electron chi connectivity index (χ2n) is 9.28. The molecule has 3 heterocycles. The molecule has 7 nitrogen and oxygen atoms in total. The summed E-state index contributed by atoms with van der Waals surface area (Å²) in [6.45, 7) is 8.70. The largest absolute Gasteiger partial charge is 0.496 e. The van der Waals surface area contributed by atoms with Gasteiger partial charge in [-0.25, -0.2) is 4.68 Å². The van der Waals surface area contributed by atoms with Crippen molar-refractivity contribution in [3.8, 4) is 28.4 Å². The standard InChI is InChI=1S/C26H31N3O4S/c1-16(2)10-17-11-19-22(12-21(17)32-7)33-13-20-23(25(30)28(5)26(3,4)15-31-6)27-29(24(19)20)18-8-9-34-14-18/h8-12,14H,13,15H2,1-7H3. The Hall–Kier alpha value is -3.10. The van der Waals surface area contributed by atoms with E-state index in [1.165, 1.54) is 0 Å². The third kappa shape index (κ3) is 4.23. The zero-order chi connectivity index (χ0) is 24.6. The lowest BCUT2D eigenvalue weighted by Crippen LogP contribution is -2.48. The van der Waals surface area contributed by atoms with Crippen LogP contribution in [0.2, 0.25) is 0 Å². The second kappa shape index (κ2) is 9.27. The number of carbonyl (C=O) groups is 1. The van der Waals surface area contributed by atoms with E-state index in [1.807, 2.05) is 55.3 Å². The van der Waals surface area contributed by atoms with Crippen LogP contribution in [0.3, 0.4) is 0 Å². The molecule has 0 atom stereocenters. The first-order valence-corrected chi connectivity index (χ1v) is 12.0. The van der Waals surface area contributed by atoms with Gasteiger partial charge in [0, 0.05) is 42.3 Å². The maximum Gasteiger partial charge on any atom is 0.275 e. The monoisotopic (exact) mass is 481 g/mol. The fourth-order valence-electron chi connectivity index (χ4n) is 4.12. The minimum absolute atomic E-state index is 0.169. The Balaban J connectivity index is 1.93. The van der Waals surface area contributed by atoms with Crippen molar-refractivity contribution in [2.45, 2.75) is 39.8 Å². The number of aromatic nitrogens is 2. The molecule has 4 rings (SSSR count). The normalized spacial score (nSPS) is 12.4. The second-order valence-corrected chi connectivity index (χ2v) is 10.1. The first kappa shape index (κ1) is 24.0. The lowest BCUT2D eigenvalue weighted by Gasteiger charge is -2.34. The van der Waals surface area contributed by atoms with Crippen LogP contribution in [0.25, 0.3) is 23.0 Å². The van der Waals surface area contributed by atoms with Crippen LogP contribution in [0.1, 0.15) is 49.3 Å². The van der Waals surface area contributed by atoms with Gasteiger partial charge >= 0.3 is 0 Å². The fourth-order valence-corrected chi connectivity index (χ4v) is 4.73. The van der Waals surface area contributed by atoms with Crippen LogP contribution >= 0.6 is 11.3 Å². The van der Waals surface area contributed by atoms with Crippen molar-refractivity contribution < 1.29 is 19.0 Å². The van der Waals surface area contributed by atoms with E-state index in [0.717, 1.165) is 39.4 Å². The molecule has 0 saturated carbocycles. The molecule has 34 heavy (non-hydrogen) atoms. The Morgan fingerprint density at radius 3 is 2.71 bits per heavy atom. The maximum atomic E-state index is 13.7. The smallest absolute Gasteiger partial charge is 0.275 e. The number of methoxy groups -OCH3 is 2. The van der Waals surface area contributed by atoms with Gasteiger partial charge in [-0.1, -0.05) is 11.6 Å². The predicted octanol–water partition coefficient (Wildman–Crippen LogP) is 5.42. The molecule has 0 spiro atoms. The lowest BCUT2D eigenvalue weighted by molar-refractivity contribution is 0.0359. The number of fused-ring (bicyclic) bond motifs is 3. The van der Waals surface area contributed by atoms with E-state index in [0.29, 0.717) is 18.1 Å². The van der Waals surface area contributed by atoms with Crippen LogP contribution in [0, 0.1) is 0 Å². The third-order valence-corrected chi connectivity index (χ3v) is 6.72. The number of benzene rings is 1. The number of carbonyl (C=O) groups excluding carboxylic acids is 1. The number of ether oxygens (including phenoxy) is 3. The Morgan fingerprint density at radius 1 is 1.32 bits per heavy atom. The third-order valence-electron chi connectivity index (χ3n) is 6.05. The van der Waals surface area contributed by atoms with E-state index >= 15 is 0 Å². The number of allylic oxidation sites excluding steroid dienone is 1. The Labute approximate surface area is 204 Å². The average Bonchev–Trinajstić information content (AvgIpc) is 3.45. The number of hydrogen-bond donors (Lipinski definition) is 0. The van der Waals surface area contributed by atoms with Gasteiger partial charge in [0.05, 0.1) is 30.6 Å². The molecule has 3 aromatic rings. The minimum atomic E-state index is -0.498. The lowest BCUT2D eigenvalue weighted by atomic mass is 9.97. The molecule has 1 aliphatic heterocycles.